The van der Waals surface area contributed by atoms with E-state index in [0.717, 1.165) is 12.1 Å². The highest BCUT2D eigenvalue weighted by Crippen LogP contribution is 2.26. The molecule has 5 nitrogen and oxygen atoms in total. The van der Waals surface area contributed by atoms with E-state index in [1.165, 1.54) is 16.4 Å². The molecule has 1 heterocycles. The van der Waals surface area contributed by atoms with Gasteiger partial charge in [-0.1, -0.05) is 13.8 Å². The predicted molar refractivity (Wildman–Crippen MR) is 82.2 cm³/mol. The van der Waals surface area contributed by atoms with E-state index >= 15 is 0 Å². The molecule has 0 amide bonds. The fraction of sp³-hybridized carbons (Fsp3) is 0.571. The van der Waals surface area contributed by atoms with Gasteiger partial charge in [0.15, 0.2) is 9.84 Å². The van der Waals surface area contributed by atoms with Crippen LogP contribution in [0.2, 0.25) is 0 Å². The molecule has 1 aliphatic rings. The van der Waals surface area contributed by atoms with Crippen molar-refractivity contribution in [2.24, 2.45) is 5.92 Å². The van der Waals surface area contributed by atoms with Gasteiger partial charge in [-0.3, -0.25) is 0 Å². The zero-order chi connectivity index (χ0) is 16.5. The molecule has 1 aromatic rings. The summed E-state index contributed by atoms with van der Waals surface area (Å²) in [7, 11) is -7.04. The number of hydrogen-bond acceptors (Lipinski definition) is 4. The highest BCUT2D eigenvalue weighted by atomic mass is 32.2. The minimum absolute atomic E-state index is 0.00516. The summed E-state index contributed by atoms with van der Waals surface area (Å²) in [6.07, 6.45) is 0.301. The summed E-state index contributed by atoms with van der Waals surface area (Å²) in [5.41, 5.74) is 0. The highest BCUT2D eigenvalue weighted by Gasteiger charge is 2.38. The molecule has 1 aromatic carbocycles. The fourth-order valence-electron chi connectivity index (χ4n) is 2.55. The standard InChI is InChI=1S/C14H20FNO4S2/c1-11(2)9-16(13-7-8-21(17,18)10-13)22(19,20)14-5-3-12(15)4-6-14/h3-6,11,13H,7-10H2,1-2H3. The summed E-state index contributed by atoms with van der Waals surface area (Å²) in [6, 6.07) is 4.04. The van der Waals surface area contributed by atoms with Crippen LogP contribution in [0.1, 0.15) is 20.3 Å². The third kappa shape index (κ3) is 3.85. The molecule has 0 spiro atoms. The number of rotatable bonds is 5. The van der Waals surface area contributed by atoms with E-state index in [2.05, 4.69) is 0 Å². The van der Waals surface area contributed by atoms with Crippen molar-refractivity contribution in [1.82, 2.24) is 4.31 Å². The SMILES string of the molecule is CC(C)CN(C1CCS(=O)(=O)C1)S(=O)(=O)c1ccc(F)cc1. The summed E-state index contributed by atoms with van der Waals surface area (Å²) in [5.74, 6) is -0.609. The third-order valence-electron chi connectivity index (χ3n) is 3.58. The van der Waals surface area contributed by atoms with Gasteiger partial charge < -0.3 is 0 Å². The van der Waals surface area contributed by atoms with Crippen LogP contribution in [-0.4, -0.2) is 45.2 Å². The molecule has 0 N–H and O–H groups in total. The first-order valence-corrected chi connectivity index (χ1v) is 10.4. The van der Waals surface area contributed by atoms with E-state index in [-0.39, 0.29) is 28.9 Å². The van der Waals surface area contributed by atoms with Crippen molar-refractivity contribution in [3.8, 4) is 0 Å². The fourth-order valence-corrected chi connectivity index (χ4v) is 6.19. The van der Waals surface area contributed by atoms with Gasteiger partial charge in [-0.15, -0.1) is 0 Å². The molecule has 1 atom stereocenters. The topological polar surface area (TPSA) is 71.5 Å². The minimum Gasteiger partial charge on any atom is -0.229 e. The van der Waals surface area contributed by atoms with Crippen LogP contribution in [0.3, 0.4) is 0 Å². The maximum Gasteiger partial charge on any atom is 0.243 e. The Morgan fingerprint density at radius 2 is 1.86 bits per heavy atom. The lowest BCUT2D eigenvalue weighted by Crippen LogP contribution is -2.43. The Morgan fingerprint density at radius 3 is 2.32 bits per heavy atom. The molecule has 124 valence electrons. The molecule has 0 bridgehead atoms. The largest absolute Gasteiger partial charge is 0.243 e. The first-order valence-electron chi connectivity index (χ1n) is 7.09. The van der Waals surface area contributed by atoms with Crippen LogP contribution in [0.5, 0.6) is 0 Å². The third-order valence-corrected chi connectivity index (χ3v) is 7.26. The van der Waals surface area contributed by atoms with Crippen molar-refractivity contribution in [2.45, 2.75) is 31.2 Å². The number of sulfonamides is 1. The van der Waals surface area contributed by atoms with Crippen LogP contribution in [-0.2, 0) is 19.9 Å². The van der Waals surface area contributed by atoms with E-state index in [9.17, 15) is 21.2 Å². The molecule has 1 fully saturated rings. The van der Waals surface area contributed by atoms with Crippen LogP contribution < -0.4 is 0 Å². The van der Waals surface area contributed by atoms with Crippen LogP contribution in [0.15, 0.2) is 29.2 Å². The van der Waals surface area contributed by atoms with Crippen molar-refractivity contribution in [1.29, 1.82) is 0 Å². The number of benzene rings is 1. The number of hydrogen-bond donors (Lipinski definition) is 0. The Kier molecular flexibility index (Phi) is 4.93. The molecule has 1 unspecified atom stereocenters. The second-order valence-corrected chi connectivity index (χ2v) is 10.1. The van der Waals surface area contributed by atoms with Crippen molar-refractivity contribution < 1.29 is 21.2 Å². The van der Waals surface area contributed by atoms with E-state index in [4.69, 9.17) is 0 Å². The molecule has 1 saturated heterocycles. The molecular weight excluding hydrogens is 329 g/mol. The highest BCUT2D eigenvalue weighted by molar-refractivity contribution is 7.92. The lowest BCUT2D eigenvalue weighted by Gasteiger charge is -2.28. The minimum atomic E-state index is -3.84. The average Bonchev–Trinajstić information content (AvgIpc) is 2.76. The number of sulfone groups is 1. The van der Waals surface area contributed by atoms with Crippen LogP contribution >= 0.6 is 0 Å². The summed E-state index contributed by atoms with van der Waals surface area (Å²) < 4.78 is 63.2. The van der Waals surface area contributed by atoms with Gasteiger partial charge in [0.05, 0.1) is 16.4 Å². The number of halogens is 1. The summed E-state index contributed by atoms with van der Waals surface area (Å²) in [4.78, 5) is -0.0150. The first-order chi connectivity index (χ1) is 10.1. The summed E-state index contributed by atoms with van der Waals surface area (Å²) >= 11 is 0. The van der Waals surface area contributed by atoms with Gasteiger partial charge in [0.2, 0.25) is 10.0 Å². The Hall–Kier alpha value is -0.990. The summed E-state index contributed by atoms with van der Waals surface area (Å²) in [6.45, 7) is 3.98. The van der Waals surface area contributed by atoms with Crippen LogP contribution in [0, 0.1) is 11.7 Å². The Labute approximate surface area is 131 Å². The molecule has 8 heteroatoms. The average molecular weight is 349 g/mol. The van der Waals surface area contributed by atoms with Gasteiger partial charge in [-0.25, -0.2) is 21.2 Å². The number of nitrogens with zero attached hydrogens (tertiary/aromatic N) is 1. The van der Waals surface area contributed by atoms with Crippen molar-refractivity contribution >= 4 is 19.9 Å². The maximum absolute atomic E-state index is 13.0. The molecule has 0 radical (unpaired) electrons. The van der Waals surface area contributed by atoms with Gasteiger partial charge in [0.1, 0.15) is 5.82 Å². The normalized spacial score (nSPS) is 21.6. The Balaban J connectivity index is 2.38. The molecule has 2 rings (SSSR count). The van der Waals surface area contributed by atoms with Crippen LogP contribution in [0.25, 0.3) is 0 Å². The Bertz CT molecular complexity index is 727. The lowest BCUT2D eigenvalue weighted by atomic mass is 10.2. The van der Waals surface area contributed by atoms with E-state index < -0.39 is 31.7 Å². The van der Waals surface area contributed by atoms with Gasteiger partial charge in [-0.2, -0.15) is 4.31 Å². The van der Waals surface area contributed by atoms with Gasteiger partial charge >= 0.3 is 0 Å². The van der Waals surface area contributed by atoms with Gasteiger partial charge in [0, 0.05) is 12.6 Å². The quantitative estimate of drug-likeness (QED) is 0.810. The molecule has 1 aliphatic heterocycles. The second-order valence-electron chi connectivity index (χ2n) is 5.98. The first kappa shape index (κ1) is 17.4. The van der Waals surface area contributed by atoms with Crippen molar-refractivity contribution in [3.63, 3.8) is 0 Å². The maximum atomic E-state index is 13.0. The molecule has 0 aliphatic carbocycles. The van der Waals surface area contributed by atoms with Gasteiger partial charge in [-0.05, 0) is 36.6 Å². The monoisotopic (exact) mass is 349 g/mol. The van der Waals surface area contributed by atoms with Gasteiger partial charge in [0.25, 0.3) is 0 Å². The van der Waals surface area contributed by atoms with E-state index in [1.807, 2.05) is 13.8 Å². The summed E-state index contributed by atoms with van der Waals surface area (Å²) in [5, 5.41) is 0. The predicted octanol–water partition coefficient (Wildman–Crippen LogP) is 1.66. The molecule has 0 aromatic heterocycles. The zero-order valence-corrected chi connectivity index (χ0v) is 14.2. The molecule has 22 heavy (non-hydrogen) atoms. The smallest absolute Gasteiger partial charge is 0.229 e. The Morgan fingerprint density at radius 1 is 1.27 bits per heavy atom. The zero-order valence-electron chi connectivity index (χ0n) is 12.6. The van der Waals surface area contributed by atoms with E-state index in [0.29, 0.717) is 6.42 Å². The van der Waals surface area contributed by atoms with Crippen LogP contribution in [0.4, 0.5) is 4.39 Å². The molecular formula is C14H20FNO4S2. The second kappa shape index (κ2) is 6.25. The lowest BCUT2D eigenvalue weighted by molar-refractivity contribution is 0.308. The van der Waals surface area contributed by atoms with E-state index in [1.54, 1.807) is 0 Å². The van der Waals surface area contributed by atoms with Crippen molar-refractivity contribution in [3.05, 3.63) is 30.1 Å². The van der Waals surface area contributed by atoms with Crippen molar-refractivity contribution in [2.75, 3.05) is 18.1 Å². The molecule has 0 saturated carbocycles.